The highest BCUT2D eigenvalue weighted by Crippen LogP contribution is 2.24. The Morgan fingerprint density at radius 3 is 2.29 bits per heavy atom. The van der Waals surface area contributed by atoms with Gasteiger partial charge in [0, 0.05) is 26.2 Å². The van der Waals surface area contributed by atoms with E-state index in [9.17, 15) is 17.6 Å². The Hall–Kier alpha value is -2.69. The highest BCUT2D eigenvalue weighted by atomic mass is 32.2. The van der Waals surface area contributed by atoms with Crippen molar-refractivity contribution in [2.24, 2.45) is 0 Å². The Morgan fingerprint density at radius 2 is 1.75 bits per heavy atom. The van der Waals surface area contributed by atoms with Gasteiger partial charge in [0.25, 0.3) is 5.91 Å². The molecule has 7 heteroatoms. The molecule has 1 amide bonds. The number of hydrogen-bond donors (Lipinski definition) is 0. The smallest absolute Gasteiger partial charge is 0.254 e. The zero-order valence-corrected chi connectivity index (χ0v) is 17.2. The van der Waals surface area contributed by atoms with Gasteiger partial charge in [-0.1, -0.05) is 18.1 Å². The van der Waals surface area contributed by atoms with Crippen LogP contribution in [-0.2, 0) is 16.6 Å². The monoisotopic (exact) mass is 402 g/mol. The number of amides is 1. The van der Waals surface area contributed by atoms with Crippen molar-refractivity contribution >= 4 is 15.9 Å². The Balaban J connectivity index is 2.46. The molecule has 28 heavy (non-hydrogen) atoms. The summed E-state index contributed by atoms with van der Waals surface area (Å²) in [4.78, 5) is 14.6. The fourth-order valence-electron chi connectivity index (χ4n) is 2.72. The zero-order valence-electron chi connectivity index (χ0n) is 16.4. The molecule has 0 saturated carbocycles. The number of hydrogen-bond acceptors (Lipinski definition) is 3. The first-order valence-electron chi connectivity index (χ1n) is 8.59. The van der Waals surface area contributed by atoms with Gasteiger partial charge < -0.3 is 4.90 Å². The third-order valence-electron chi connectivity index (χ3n) is 4.48. The highest BCUT2D eigenvalue weighted by molar-refractivity contribution is 7.89. The van der Waals surface area contributed by atoms with E-state index in [1.165, 1.54) is 37.2 Å². The van der Waals surface area contributed by atoms with Crippen LogP contribution in [0.5, 0.6) is 0 Å². The van der Waals surface area contributed by atoms with Crippen LogP contribution in [0.25, 0.3) is 0 Å². The lowest BCUT2D eigenvalue weighted by atomic mass is 10.0. The average molecular weight is 402 g/mol. The minimum absolute atomic E-state index is 0.0406. The third-order valence-corrected chi connectivity index (χ3v) is 6.42. The first-order valence-corrected chi connectivity index (χ1v) is 10.0. The standard InChI is InChI=1S/C21H23FN2O3S/c1-6-11-24(14-17-7-9-19(22)10-8-17)21(25)18-12-15(2)16(3)20(13-18)28(26,27)23(4)5/h1,7-10,12-13H,11,14H2,2-5H3. The average Bonchev–Trinajstić information content (AvgIpc) is 2.64. The van der Waals surface area contributed by atoms with Crippen molar-refractivity contribution < 1.29 is 17.6 Å². The lowest BCUT2D eigenvalue weighted by Crippen LogP contribution is -2.31. The van der Waals surface area contributed by atoms with E-state index in [0.717, 1.165) is 9.87 Å². The number of benzene rings is 2. The summed E-state index contributed by atoms with van der Waals surface area (Å²) in [6.07, 6.45) is 5.41. The van der Waals surface area contributed by atoms with Crippen molar-refractivity contribution in [1.29, 1.82) is 0 Å². The number of rotatable bonds is 6. The van der Waals surface area contributed by atoms with E-state index in [4.69, 9.17) is 6.42 Å². The van der Waals surface area contributed by atoms with Gasteiger partial charge >= 0.3 is 0 Å². The molecule has 0 aromatic heterocycles. The Labute approximate surface area is 165 Å². The van der Waals surface area contributed by atoms with Gasteiger partial charge in [-0.25, -0.2) is 17.1 Å². The Bertz CT molecular complexity index is 1020. The van der Waals surface area contributed by atoms with Crippen LogP contribution in [-0.4, -0.2) is 44.2 Å². The van der Waals surface area contributed by atoms with Crippen molar-refractivity contribution in [2.45, 2.75) is 25.3 Å². The van der Waals surface area contributed by atoms with Gasteiger partial charge in [-0.05, 0) is 54.8 Å². The maximum Gasteiger partial charge on any atom is 0.254 e. The minimum Gasteiger partial charge on any atom is -0.323 e. The lowest BCUT2D eigenvalue weighted by Gasteiger charge is -2.22. The predicted octanol–water partition coefficient (Wildman–Crippen LogP) is 2.97. The SMILES string of the molecule is C#CCN(Cc1ccc(F)cc1)C(=O)c1cc(C)c(C)c(S(=O)(=O)N(C)C)c1. The maximum atomic E-state index is 13.1. The Kier molecular flexibility index (Phi) is 6.60. The van der Waals surface area contributed by atoms with Crippen molar-refractivity contribution in [3.8, 4) is 12.3 Å². The number of halogens is 1. The third kappa shape index (κ3) is 4.58. The topological polar surface area (TPSA) is 57.7 Å². The van der Waals surface area contributed by atoms with Crippen LogP contribution in [0.4, 0.5) is 4.39 Å². The van der Waals surface area contributed by atoms with Gasteiger partial charge in [0.05, 0.1) is 11.4 Å². The molecular formula is C21H23FN2O3S. The second-order valence-electron chi connectivity index (χ2n) is 6.70. The predicted molar refractivity (Wildman–Crippen MR) is 107 cm³/mol. The van der Waals surface area contributed by atoms with E-state index < -0.39 is 10.0 Å². The normalized spacial score (nSPS) is 11.3. The van der Waals surface area contributed by atoms with Crippen molar-refractivity contribution in [3.05, 3.63) is 64.5 Å². The number of terminal acetylenes is 1. The van der Waals surface area contributed by atoms with Gasteiger partial charge in [0.2, 0.25) is 10.0 Å². The number of carbonyl (C=O) groups is 1. The fourth-order valence-corrected chi connectivity index (χ4v) is 3.93. The van der Waals surface area contributed by atoms with Gasteiger partial charge in [0.15, 0.2) is 0 Å². The molecule has 0 saturated heterocycles. The van der Waals surface area contributed by atoms with E-state index in [1.807, 2.05) is 0 Å². The van der Waals surface area contributed by atoms with Crippen LogP contribution in [0, 0.1) is 32.0 Å². The summed E-state index contributed by atoms with van der Waals surface area (Å²) in [6, 6.07) is 8.81. The van der Waals surface area contributed by atoms with E-state index >= 15 is 0 Å². The number of carbonyl (C=O) groups excluding carboxylic acids is 1. The largest absolute Gasteiger partial charge is 0.323 e. The molecule has 0 aliphatic heterocycles. The molecule has 0 N–H and O–H groups in total. The molecule has 0 radical (unpaired) electrons. The van der Waals surface area contributed by atoms with Crippen LogP contribution >= 0.6 is 0 Å². The van der Waals surface area contributed by atoms with Crippen molar-refractivity contribution in [3.63, 3.8) is 0 Å². The van der Waals surface area contributed by atoms with E-state index in [2.05, 4.69) is 5.92 Å². The molecule has 0 fully saturated rings. The minimum atomic E-state index is -3.71. The molecule has 2 aromatic carbocycles. The summed E-state index contributed by atoms with van der Waals surface area (Å²) in [5.41, 5.74) is 2.23. The second-order valence-corrected chi connectivity index (χ2v) is 8.82. The number of aryl methyl sites for hydroxylation is 1. The van der Waals surface area contributed by atoms with Crippen LogP contribution in [0.2, 0.25) is 0 Å². The van der Waals surface area contributed by atoms with Gasteiger partial charge in [-0.3, -0.25) is 4.79 Å². The summed E-state index contributed by atoms with van der Waals surface area (Å²) < 4.78 is 39.5. The van der Waals surface area contributed by atoms with Gasteiger partial charge in [0.1, 0.15) is 5.82 Å². The number of sulfonamides is 1. The summed E-state index contributed by atoms with van der Waals surface area (Å²) in [5.74, 6) is 1.69. The van der Waals surface area contributed by atoms with Crippen LogP contribution < -0.4 is 0 Å². The summed E-state index contributed by atoms with van der Waals surface area (Å²) in [7, 11) is -0.823. The molecule has 0 atom stereocenters. The molecule has 5 nitrogen and oxygen atoms in total. The molecule has 2 rings (SSSR count). The van der Waals surface area contributed by atoms with E-state index in [-0.39, 0.29) is 35.3 Å². The second kappa shape index (κ2) is 8.55. The van der Waals surface area contributed by atoms with Gasteiger partial charge in [-0.2, -0.15) is 0 Å². The fraction of sp³-hybridized carbons (Fsp3) is 0.286. The molecule has 0 heterocycles. The molecule has 148 valence electrons. The summed E-state index contributed by atoms with van der Waals surface area (Å²) in [6.45, 7) is 3.69. The first kappa shape index (κ1) is 21.6. The summed E-state index contributed by atoms with van der Waals surface area (Å²) in [5, 5.41) is 0. The molecule has 0 aliphatic rings. The maximum absolute atomic E-state index is 13.1. The molecule has 0 unspecified atom stereocenters. The lowest BCUT2D eigenvalue weighted by molar-refractivity contribution is 0.0765. The van der Waals surface area contributed by atoms with E-state index in [1.54, 1.807) is 32.0 Å². The quantitative estimate of drug-likeness (QED) is 0.698. The highest BCUT2D eigenvalue weighted by Gasteiger charge is 2.24. The van der Waals surface area contributed by atoms with Crippen molar-refractivity contribution in [1.82, 2.24) is 9.21 Å². The van der Waals surface area contributed by atoms with Gasteiger partial charge in [-0.15, -0.1) is 6.42 Å². The van der Waals surface area contributed by atoms with E-state index in [0.29, 0.717) is 11.1 Å². The van der Waals surface area contributed by atoms with Crippen LogP contribution in [0.15, 0.2) is 41.3 Å². The number of nitrogens with zero attached hydrogens (tertiary/aromatic N) is 2. The molecule has 0 spiro atoms. The molecule has 0 bridgehead atoms. The molecule has 0 aliphatic carbocycles. The zero-order chi connectivity index (χ0) is 21.1. The Morgan fingerprint density at radius 1 is 1.14 bits per heavy atom. The first-order chi connectivity index (χ1) is 13.1. The molecule has 2 aromatic rings. The van der Waals surface area contributed by atoms with Crippen LogP contribution in [0.3, 0.4) is 0 Å². The summed E-state index contributed by atoms with van der Waals surface area (Å²) >= 11 is 0. The van der Waals surface area contributed by atoms with Crippen LogP contribution in [0.1, 0.15) is 27.0 Å². The molecular weight excluding hydrogens is 379 g/mol. The van der Waals surface area contributed by atoms with Crippen molar-refractivity contribution in [2.75, 3.05) is 20.6 Å².